The Balaban J connectivity index is 2.18. The van der Waals surface area contributed by atoms with Crippen LogP contribution < -0.4 is 10.5 Å². The van der Waals surface area contributed by atoms with Crippen LogP contribution in [0.15, 0.2) is 28.9 Å². The minimum absolute atomic E-state index is 0.0452. The van der Waals surface area contributed by atoms with E-state index in [1.54, 1.807) is 6.07 Å². The molecule has 2 aromatic heterocycles. The van der Waals surface area contributed by atoms with Crippen LogP contribution in [-0.2, 0) is 16.6 Å². The molecule has 0 bridgehead atoms. The molecule has 2 aromatic rings. The van der Waals surface area contributed by atoms with Gasteiger partial charge in [0.25, 0.3) is 10.0 Å². The van der Waals surface area contributed by atoms with Crippen molar-refractivity contribution in [2.24, 2.45) is 0 Å². The van der Waals surface area contributed by atoms with E-state index in [-0.39, 0.29) is 15.8 Å². The standard InChI is InChI=1S/C9H9N5O4S2/c10-9-7(14(15)16)3-8(19-9)20(17,18)13-4-6-1-2-11-5-12-6/h1-3,5,13H,4,10H2. The van der Waals surface area contributed by atoms with Crippen LogP contribution >= 0.6 is 11.3 Å². The quantitative estimate of drug-likeness (QED) is 0.604. The molecule has 0 aromatic carbocycles. The molecule has 0 fully saturated rings. The number of nitro groups is 1. The van der Waals surface area contributed by atoms with Gasteiger partial charge in [-0.3, -0.25) is 10.1 Å². The van der Waals surface area contributed by atoms with Gasteiger partial charge in [0.15, 0.2) is 5.00 Å². The van der Waals surface area contributed by atoms with Crippen LogP contribution in [0.5, 0.6) is 0 Å². The van der Waals surface area contributed by atoms with Gasteiger partial charge in [-0.25, -0.2) is 23.1 Å². The number of anilines is 1. The Morgan fingerprint density at radius 3 is 2.80 bits per heavy atom. The molecule has 3 N–H and O–H groups in total. The van der Waals surface area contributed by atoms with E-state index in [0.717, 1.165) is 6.07 Å². The number of nitrogens with zero attached hydrogens (tertiary/aromatic N) is 3. The molecule has 0 aliphatic rings. The largest absolute Gasteiger partial charge is 0.385 e. The molecule has 11 heteroatoms. The van der Waals surface area contributed by atoms with Crippen LogP contribution in [0.1, 0.15) is 5.69 Å². The highest BCUT2D eigenvalue weighted by atomic mass is 32.2. The molecule has 0 spiro atoms. The number of aromatic nitrogens is 2. The number of nitrogen functional groups attached to an aromatic ring is 1. The lowest BCUT2D eigenvalue weighted by Crippen LogP contribution is -2.22. The first-order valence-electron chi connectivity index (χ1n) is 5.18. The summed E-state index contributed by atoms with van der Waals surface area (Å²) >= 11 is 0.638. The van der Waals surface area contributed by atoms with Crippen LogP contribution in [0.4, 0.5) is 10.7 Å². The molecule has 2 rings (SSSR count). The predicted octanol–water partition coefficient (Wildman–Crippen LogP) is 0.507. The fourth-order valence-corrected chi connectivity index (χ4v) is 3.57. The topological polar surface area (TPSA) is 141 Å². The summed E-state index contributed by atoms with van der Waals surface area (Å²) in [6, 6.07) is 2.48. The van der Waals surface area contributed by atoms with E-state index in [9.17, 15) is 18.5 Å². The lowest BCUT2D eigenvalue weighted by molar-refractivity contribution is -0.383. The smallest absolute Gasteiger partial charge is 0.304 e. The SMILES string of the molecule is Nc1sc(S(=O)(=O)NCc2ccncn2)cc1[N+](=O)[O-]. The molecule has 0 saturated carbocycles. The van der Waals surface area contributed by atoms with Gasteiger partial charge in [0, 0.05) is 12.3 Å². The second-order valence-corrected chi connectivity index (χ2v) is 6.67. The van der Waals surface area contributed by atoms with Crippen molar-refractivity contribution in [3.05, 3.63) is 40.5 Å². The van der Waals surface area contributed by atoms with Crippen molar-refractivity contribution in [1.29, 1.82) is 0 Å². The molecular formula is C9H9N5O4S2. The van der Waals surface area contributed by atoms with Gasteiger partial charge in [-0.15, -0.1) is 0 Å². The number of hydrogen-bond acceptors (Lipinski definition) is 8. The number of nitrogens with two attached hydrogens (primary N) is 1. The van der Waals surface area contributed by atoms with Gasteiger partial charge in [0.2, 0.25) is 0 Å². The highest BCUT2D eigenvalue weighted by Crippen LogP contribution is 2.34. The Kier molecular flexibility index (Phi) is 3.92. The maximum absolute atomic E-state index is 12.0. The fourth-order valence-electron chi connectivity index (χ4n) is 1.31. The lowest BCUT2D eigenvalue weighted by atomic mass is 10.4. The molecule has 0 unspecified atom stereocenters. The summed E-state index contributed by atoms with van der Waals surface area (Å²) in [5.41, 5.74) is 5.47. The van der Waals surface area contributed by atoms with E-state index in [0.29, 0.717) is 17.0 Å². The van der Waals surface area contributed by atoms with E-state index in [1.165, 1.54) is 12.5 Å². The van der Waals surface area contributed by atoms with Crippen LogP contribution in [-0.4, -0.2) is 23.3 Å². The molecule has 2 heterocycles. The Bertz CT molecular complexity index is 728. The first-order valence-corrected chi connectivity index (χ1v) is 7.48. The number of hydrogen-bond donors (Lipinski definition) is 2. The van der Waals surface area contributed by atoms with Gasteiger partial charge < -0.3 is 5.73 Å². The highest BCUT2D eigenvalue weighted by molar-refractivity contribution is 7.91. The zero-order chi connectivity index (χ0) is 14.8. The Hall–Kier alpha value is -2.11. The van der Waals surface area contributed by atoms with Crippen LogP contribution in [0.2, 0.25) is 0 Å². The average Bonchev–Trinajstić information content (AvgIpc) is 2.81. The fraction of sp³-hybridized carbons (Fsp3) is 0.111. The molecule has 9 nitrogen and oxygen atoms in total. The summed E-state index contributed by atoms with van der Waals surface area (Å²) in [6.07, 6.45) is 2.77. The van der Waals surface area contributed by atoms with Gasteiger partial charge in [-0.1, -0.05) is 11.3 Å². The number of sulfonamides is 1. The number of rotatable bonds is 5. The van der Waals surface area contributed by atoms with Gasteiger partial charge in [0.05, 0.1) is 17.2 Å². The van der Waals surface area contributed by atoms with E-state index < -0.39 is 20.6 Å². The zero-order valence-corrected chi connectivity index (χ0v) is 11.5. The van der Waals surface area contributed by atoms with Crippen molar-refractivity contribution in [2.45, 2.75) is 10.8 Å². The van der Waals surface area contributed by atoms with Gasteiger partial charge in [-0.2, -0.15) is 0 Å². The van der Waals surface area contributed by atoms with Gasteiger partial charge >= 0.3 is 5.69 Å². The minimum atomic E-state index is -3.87. The maximum atomic E-state index is 12.0. The summed E-state index contributed by atoms with van der Waals surface area (Å²) in [5, 5.41) is 10.5. The summed E-state index contributed by atoms with van der Waals surface area (Å²) < 4.78 is 26.0. The Labute approximate surface area is 117 Å². The van der Waals surface area contributed by atoms with Crippen molar-refractivity contribution in [1.82, 2.24) is 14.7 Å². The first-order chi connectivity index (χ1) is 9.40. The minimum Gasteiger partial charge on any atom is -0.385 e. The van der Waals surface area contributed by atoms with E-state index in [1.807, 2.05) is 0 Å². The van der Waals surface area contributed by atoms with Crippen LogP contribution in [0.25, 0.3) is 0 Å². The second kappa shape index (κ2) is 5.48. The van der Waals surface area contributed by atoms with E-state index >= 15 is 0 Å². The monoisotopic (exact) mass is 315 g/mol. The first kappa shape index (κ1) is 14.3. The van der Waals surface area contributed by atoms with E-state index in [4.69, 9.17) is 5.73 Å². The summed E-state index contributed by atoms with van der Waals surface area (Å²) in [5.74, 6) is 0. The van der Waals surface area contributed by atoms with Gasteiger partial charge in [-0.05, 0) is 6.07 Å². The predicted molar refractivity (Wildman–Crippen MR) is 71.4 cm³/mol. The summed E-state index contributed by atoms with van der Waals surface area (Å²) in [7, 11) is -3.87. The molecule has 0 aliphatic heterocycles. The number of nitrogens with one attached hydrogen (secondary N) is 1. The molecule has 0 atom stereocenters. The van der Waals surface area contributed by atoms with Crippen molar-refractivity contribution in [2.75, 3.05) is 5.73 Å². The summed E-state index contributed by atoms with van der Waals surface area (Å²) in [4.78, 5) is 17.5. The molecule has 0 radical (unpaired) electrons. The van der Waals surface area contributed by atoms with Crippen molar-refractivity contribution < 1.29 is 13.3 Å². The molecule has 106 valence electrons. The van der Waals surface area contributed by atoms with Crippen molar-refractivity contribution >= 4 is 32.0 Å². The molecule has 0 amide bonds. The van der Waals surface area contributed by atoms with Crippen molar-refractivity contribution in [3.63, 3.8) is 0 Å². The van der Waals surface area contributed by atoms with E-state index in [2.05, 4.69) is 14.7 Å². The highest BCUT2D eigenvalue weighted by Gasteiger charge is 2.24. The molecule has 0 aliphatic carbocycles. The third kappa shape index (κ3) is 3.07. The number of thiophene rings is 1. The Morgan fingerprint density at radius 2 is 2.25 bits per heavy atom. The third-order valence-corrected chi connectivity index (χ3v) is 5.09. The normalized spacial score (nSPS) is 11.4. The molecule has 20 heavy (non-hydrogen) atoms. The van der Waals surface area contributed by atoms with Gasteiger partial charge in [0.1, 0.15) is 10.5 Å². The molecular weight excluding hydrogens is 306 g/mol. The average molecular weight is 315 g/mol. The van der Waals surface area contributed by atoms with Crippen LogP contribution in [0, 0.1) is 10.1 Å². The summed E-state index contributed by atoms with van der Waals surface area (Å²) in [6.45, 7) is -0.0452. The van der Waals surface area contributed by atoms with Crippen LogP contribution in [0.3, 0.4) is 0 Å². The lowest BCUT2D eigenvalue weighted by Gasteiger charge is -2.03. The third-order valence-electron chi connectivity index (χ3n) is 2.27. The maximum Gasteiger partial charge on any atom is 0.304 e. The second-order valence-electron chi connectivity index (χ2n) is 3.60. The Morgan fingerprint density at radius 1 is 1.50 bits per heavy atom. The zero-order valence-electron chi connectivity index (χ0n) is 9.88. The van der Waals surface area contributed by atoms with Crippen molar-refractivity contribution in [3.8, 4) is 0 Å². The molecule has 0 saturated heterocycles.